The molecule has 2 aliphatic heterocycles. The van der Waals surface area contributed by atoms with Crippen molar-refractivity contribution in [3.63, 3.8) is 0 Å². The highest BCUT2D eigenvalue weighted by atomic mass is 35.5. The first-order valence-corrected chi connectivity index (χ1v) is 14.2. The zero-order valence-electron chi connectivity index (χ0n) is 21.4. The third-order valence-corrected chi connectivity index (χ3v) is 9.00. The molecule has 9 nitrogen and oxygen atoms in total. The van der Waals surface area contributed by atoms with Crippen LogP contribution in [0.25, 0.3) is 11.3 Å². The predicted molar refractivity (Wildman–Crippen MR) is 151 cm³/mol. The van der Waals surface area contributed by atoms with Gasteiger partial charge in [0.25, 0.3) is 0 Å². The highest BCUT2D eigenvalue weighted by Crippen LogP contribution is 2.49. The van der Waals surface area contributed by atoms with Gasteiger partial charge in [-0.15, -0.1) is 22.7 Å². The molecule has 1 aromatic carbocycles. The molecule has 1 unspecified atom stereocenters. The maximum Gasteiger partial charge on any atom is 0.237 e. The summed E-state index contributed by atoms with van der Waals surface area (Å²) in [7, 11) is 1.94. The van der Waals surface area contributed by atoms with Crippen LogP contribution in [0.15, 0.2) is 40.2 Å². The Morgan fingerprint density at radius 3 is 2.58 bits per heavy atom. The molecule has 198 valence electrons. The molecule has 1 atom stereocenters. The second-order valence-electron chi connectivity index (χ2n) is 9.07. The molecule has 12 heteroatoms. The van der Waals surface area contributed by atoms with Crippen LogP contribution in [0, 0.1) is 24.1 Å². The van der Waals surface area contributed by atoms with Gasteiger partial charge in [-0.3, -0.25) is 4.79 Å². The average molecular weight is 555 g/mol. The molecule has 2 aliphatic rings. The van der Waals surface area contributed by atoms with Gasteiger partial charge in [-0.2, -0.15) is 10.4 Å². The van der Waals surface area contributed by atoms with E-state index in [0.29, 0.717) is 54.4 Å². The number of halogens is 2. The number of aliphatic imine (C=N–C) groups is 1. The summed E-state index contributed by atoms with van der Waals surface area (Å²) in [6.07, 6.45) is 0.688. The first kappa shape index (κ1) is 26.0. The van der Waals surface area contributed by atoms with Crippen LogP contribution >= 0.6 is 22.7 Å². The number of hydrogen-bond acceptors (Lipinski definition) is 7. The number of amides is 1. The van der Waals surface area contributed by atoms with Gasteiger partial charge in [-0.05, 0) is 37.6 Å². The second-order valence-corrected chi connectivity index (χ2v) is 11.3. The van der Waals surface area contributed by atoms with Crippen molar-refractivity contribution in [2.24, 2.45) is 4.99 Å². The zero-order valence-corrected chi connectivity index (χ0v) is 23.0. The van der Waals surface area contributed by atoms with Crippen molar-refractivity contribution in [2.75, 3.05) is 48.3 Å². The molecule has 0 radical (unpaired) electrons. The first-order chi connectivity index (χ1) is 18.4. The normalized spacial score (nSPS) is 18.4. The number of aromatic nitrogens is 3. The lowest BCUT2D eigenvalue weighted by atomic mass is 10.1. The molecule has 3 aromatic rings. The van der Waals surface area contributed by atoms with E-state index in [-0.39, 0.29) is 17.6 Å². The van der Waals surface area contributed by atoms with E-state index in [1.54, 1.807) is 22.6 Å². The quantitative estimate of drug-likeness (QED) is 0.367. The molecule has 0 N–H and O–H groups in total. The van der Waals surface area contributed by atoms with Crippen molar-refractivity contribution in [3.05, 3.63) is 58.0 Å². The molecule has 0 bridgehead atoms. The minimum Gasteiger partial charge on any atom is -0.353 e. The molecule has 4 heterocycles. The number of alkyl halides is 1. The van der Waals surface area contributed by atoms with Gasteiger partial charge in [-0.25, -0.2) is 18.9 Å². The highest BCUT2D eigenvalue weighted by molar-refractivity contribution is 8.33. The number of fused-ring (bicyclic) bond motifs is 1. The zero-order chi connectivity index (χ0) is 27.0. The van der Waals surface area contributed by atoms with Crippen molar-refractivity contribution in [1.82, 2.24) is 19.5 Å². The lowest BCUT2D eigenvalue weighted by Gasteiger charge is -2.35. The predicted octanol–water partition coefficient (Wildman–Crippen LogP) is 3.91. The monoisotopic (exact) mass is 554 g/mol. The average Bonchev–Trinajstić information content (AvgIpc) is 3.54. The number of nitrogens with zero attached hydrogens (tertiary/aromatic N) is 8. The molecule has 1 saturated heterocycles. The maximum atomic E-state index is 13.5. The van der Waals surface area contributed by atoms with E-state index in [1.165, 1.54) is 12.1 Å². The van der Waals surface area contributed by atoms with Crippen LogP contribution in [0.2, 0.25) is 0 Å². The largest absolute Gasteiger partial charge is 0.353 e. The maximum absolute atomic E-state index is 13.5. The Bertz CT molecular complexity index is 1490. The molecular formula is C26H28ClFN8OS. The van der Waals surface area contributed by atoms with Crippen LogP contribution in [0.5, 0.6) is 0 Å². The van der Waals surface area contributed by atoms with E-state index in [1.807, 2.05) is 31.5 Å². The lowest BCUT2D eigenvalue weighted by molar-refractivity contribution is -0.128. The van der Waals surface area contributed by atoms with Gasteiger partial charge < -0.3 is 14.1 Å². The van der Waals surface area contributed by atoms with E-state index < -0.39 is 11.1 Å². The number of thiol groups is 1. The van der Waals surface area contributed by atoms with Crippen LogP contribution in [0.4, 0.5) is 15.9 Å². The number of carbonyl (C=O) groups is 1. The lowest BCUT2D eigenvalue weighted by Crippen LogP contribution is -2.49. The number of aryl methyl sites for hydroxylation is 2. The summed E-state index contributed by atoms with van der Waals surface area (Å²) < 4.78 is 17.4. The molecule has 1 amide bonds. The summed E-state index contributed by atoms with van der Waals surface area (Å²) in [6.45, 7) is 6.54. The molecule has 5 rings (SSSR count). The van der Waals surface area contributed by atoms with Crippen LogP contribution in [0.1, 0.15) is 23.9 Å². The van der Waals surface area contributed by atoms with Gasteiger partial charge >= 0.3 is 0 Å². The van der Waals surface area contributed by atoms with E-state index in [2.05, 4.69) is 20.3 Å². The van der Waals surface area contributed by atoms with E-state index in [9.17, 15) is 14.4 Å². The van der Waals surface area contributed by atoms with Crippen molar-refractivity contribution in [2.45, 2.75) is 20.3 Å². The Kier molecular flexibility index (Phi) is 7.27. The topological polar surface area (TPSA) is 93.1 Å². The summed E-state index contributed by atoms with van der Waals surface area (Å²) in [6, 6.07) is 10.4. The number of benzene rings is 1. The van der Waals surface area contributed by atoms with Gasteiger partial charge in [0, 0.05) is 50.6 Å². The van der Waals surface area contributed by atoms with Crippen LogP contribution < -0.4 is 9.21 Å². The van der Waals surface area contributed by atoms with Crippen molar-refractivity contribution in [3.8, 4) is 6.07 Å². The highest BCUT2D eigenvalue weighted by Gasteiger charge is 2.29. The fourth-order valence-electron chi connectivity index (χ4n) is 4.78. The van der Waals surface area contributed by atoms with E-state index >= 15 is 0 Å². The van der Waals surface area contributed by atoms with Gasteiger partial charge in [-0.1, -0.05) is 6.92 Å². The molecule has 0 aliphatic carbocycles. The number of nitriles is 1. The summed E-state index contributed by atoms with van der Waals surface area (Å²) in [4.78, 5) is 26.1. The number of piperazine rings is 1. The number of rotatable bonds is 6. The van der Waals surface area contributed by atoms with Crippen LogP contribution in [0.3, 0.4) is 0 Å². The van der Waals surface area contributed by atoms with Crippen LogP contribution in [-0.4, -0.2) is 70.1 Å². The molecule has 0 spiro atoms. The van der Waals surface area contributed by atoms with Crippen molar-refractivity contribution >= 4 is 57.0 Å². The molecule has 2 aromatic heterocycles. The number of anilines is 2. The standard InChI is InChI=1S/C26H28ClFN8OS/c1-4-20-25(33(3)38-16-30-24(21(38)15-29)18-5-7-19(28)8-6-18)26-31-22(13-17(2)36(26)32-20)34-9-11-35(12-10-34)23(37)14-27/h5-8,13,16,38H,4,9-12,14H2,1-3H3. The summed E-state index contributed by atoms with van der Waals surface area (Å²) in [5.41, 5.74) is 6.46. The van der Waals surface area contributed by atoms with Crippen molar-refractivity contribution < 1.29 is 9.18 Å². The summed E-state index contributed by atoms with van der Waals surface area (Å²) in [5, 5.41) is 14.9. The van der Waals surface area contributed by atoms with E-state index in [4.69, 9.17) is 21.7 Å². The summed E-state index contributed by atoms with van der Waals surface area (Å²) in [5.74, 6) is 0.418. The van der Waals surface area contributed by atoms with Crippen LogP contribution in [-0.2, 0) is 11.2 Å². The van der Waals surface area contributed by atoms with E-state index in [0.717, 1.165) is 22.9 Å². The first-order valence-electron chi connectivity index (χ1n) is 12.3. The SMILES string of the molecule is CCc1nn2c(C)cc(N3CCN(C(=O)CCl)CC3)nc2c1N(C)[SH]1C=NC(c2ccc(F)cc2)=C1C#N. The Morgan fingerprint density at radius 2 is 1.95 bits per heavy atom. The Balaban J connectivity index is 1.51. The minimum atomic E-state index is -1.23. The minimum absolute atomic E-state index is 0.0110. The van der Waals surface area contributed by atoms with Gasteiger partial charge in [0.05, 0.1) is 16.9 Å². The fourth-order valence-corrected chi connectivity index (χ4v) is 6.67. The van der Waals surface area contributed by atoms with Gasteiger partial charge in [0.2, 0.25) is 5.91 Å². The van der Waals surface area contributed by atoms with Gasteiger partial charge in [0.15, 0.2) is 5.65 Å². The molecular weight excluding hydrogens is 527 g/mol. The number of allylic oxidation sites excluding steroid dienone is 1. The fraction of sp³-hybridized carbons (Fsp3) is 0.346. The smallest absolute Gasteiger partial charge is 0.237 e. The second kappa shape index (κ2) is 10.6. The molecule has 1 fully saturated rings. The molecule has 0 saturated carbocycles. The third kappa shape index (κ3) is 4.59. The van der Waals surface area contributed by atoms with Crippen molar-refractivity contribution in [1.29, 1.82) is 5.26 Å². The Labute approximate surface area is 228 Å². The third-order valence-electron chi connectivity index (χ3n) is 6.82. The Hall–Kier alpha value is -3.62. The summed E-state index contributed by atoms with van der Waals surface area (Å²) >= 11 is 4.50. The number of hydrogen-bond donors (Lipinski definition) is 1. The number of carbonyl (C=O) groups excluding carboxylic acids is 1. The van der Waals surface area contributed by atoms with Gasteiger partial charge in [0.1, 0.15) is 34.2 Å². The Morgan fingerprint density at radius 1 is 1.24 bits per heavy atom. The molecule has 38 heavy (non-hydrogen) atoms.